The number of hydrogen-bond donors (Lipinski definition) is 1. The van der Waals surface area contributed by atoms with Crippen molar-refractivity contribution < 1.29 is 23.4 Å². The Labute approximate surface area is 90.6 Å². The molecule has 0 bridgehead atoms. The van der Waals surface area contributed by atoms with Gasteiger partial charge >= 0.3 is 6.29 Å². The Morgan fingerprint density at radius 1 is 1.19 bits per heavy atom. The Morgan fingerprint density at radius 2 is 1.88 bits per heavy atom. The maximum Gasteiger partial charge on any atom is 0.586 e. The standard InChI is InChI=1S/C11H10F2O3/c12-11(13)15-8-2-1-7(5-9(8)16-11)6-10(14)3-4-10/h1-2,5,14H,3-4,6H2. The zero-order valence-electron chi connectivity index (χ0n) is 8.37. The fourth-order valence-electron chi connectivity index (χ4n) is 1.80. The molecule has 1 aromatic rings. The van der Waals surface area contributed by atoms with Gasteiger partial charge in [-0.05, 0) is 30.5 Å². The van der Waals surface area contributed by atoms with Crippen molar-refractivity contribution in [2.24, 2.45) is 0 Å². The van der Waals surface area contributed by atoms with E-state index in [1.54, 1.807) is 6.07 Å². The molecule has 1 N–H and O–H groups in total. The van der Waals surface area contributed by atoms with Crippen LogP contribution in [0, 0.1) is 0 Å². The van der Waals surface area contributed by atoms with Gasteiger partial charge in [0.15, 0.2) is 11.5 Å². The Hall–Kier alpha value is -1.36. The fourth-order valence-corrected chi connectivity index (χ4v) is 1.80. The van der Waals surface area contributed by atoms with Gasteiger partial charge in [-0.25, -0.2) is 0 Å². The molecule has 3 rings (SSSR count). The van der Waals surface area contributed by atoms with Crippen LogP contribution in [0.3, 0.4) is 0 Å². The fraction of sp³-hybridized carbons (Fsp3) is 0.455. The minimum Gasteiger partial charge on any atom is -0.395 e. The number of rotatable bonds is 2. The van der Waals surface area contributed by atoms with Crippen molar-refractivity contribution in [2.45, 2.75) is 31.2 Å². The summed E-state index contributed by atoms with van der Waals surface area (Å²) in [5.74, 6) is 0.0725. The highest BCUT2D eigenvalue weighted by Gasteiger charge is 2.44. The molecule has 0 saturated heterocycles. The molecule has 1 aliphatic carbocycles. The summed E-state index contributed by atoms with van der Waals surface area (Å²) in [5.41, 5.74) is 0.135. The van der Waals surface area contributed by atoms with E-state index in [4.69, 9.17) is 0 Å². The van der Waals surface area contributed by atoms with Crippen molar-refractivity contribution in [3.8, 4) is 11.5 Å². The molecule has 5 heteroatoms. The number of ether oxygens (including phenoxy) is 2. The second-order valence-corrected chi connectivity index (χ2v) is 4.35. The van der Waals surface area contributed by atoms with Crippen LogP contribution in [0.4, 0.5) is 8.78 Å². The van der Waals surface area contributed by atoms with Crippen LogP contribution in [0.25, 0.3) is 0 Å². The number of benzene rings is 1. The van der Waals surface area contributed by atoms with Gasteiger partial charge in [-0.15, -0.1) is 8.78 Å². The topological polar surface area (TPSA) is 38.7 Å². The van der Waals surface area contributed by atoms with Crippen LogP contribution in [0.15, 0.2) is 18.2 Å². The minimum absolute atomic E-state index is 0.0340. The van der Waals surface area contributed by atoms with E-state index < -0.39 is 11.9 Å². The molecule has 0 radical (unpaired) electrons. The van der Waals surface area contributed by atoms with Crippen molar-refractivity contribution in [3.63, 3.8) is 0 Å². The van der Waals surface area contributed by atoms with Gasteiger partial charge in [0.1, 0.15) is 0 Å². The summed E-state index contributed by atoms with van der Waals surface area (Å²) in [6, 6.07) is 4.60. The molecule has 1 fully saturated rings. The third-order valence-electron chi connectivity index (χ3n) is 2.83. The molecule has 1 aliphatic heterocycles. The third kappa shape index (κ3) is 1.71. The highest BCUT2D eigenvalue weighted by Crippen LogP contribution is 2.43. The van der Waals surface area contributed by atoms with Crippen LogP contribution in [-0.4, -0.2) is 17.0 Å². The van der Waals surface area contributed by atoms with E-state index in [9.17, 15) is 13.9 Å². The first-order valence-electron chi connectivity index (χ1n) is 5.07. The smallest absolute Gasteiger partial charge is 0.395 e. The Kier molecular flexibility index (Phi) is 1.75. The number of fused-ring (bicyclic) bond motifs is 1. The van der Waals surface area contributed by atoms with E-state index in [2.05, 4.69) is 9.47 Å². The first-order chi connectivity index (χ1) is 7.46. The van der Waals surface area contributed by atoms with Crippen molar-refractivity contribution >= 4 is 0 Å². The normalized spacial score (nSPS) is 23.2. The monoisotopic (exact) mass is 228 g/mol. The number of alkyl halides is 2. The predicted octanol–water partition coefficient (Wildman–Crippen LogP) is 2.08. The molecule has 0 amide bonds. The van der Waals surface area contributed by atoms with Crippen molar-refractivity contribution in [1.29, 1.82) is 0 Å². The van der Waals surface area contributed by atoms with E-state index in [1.165, 1.54) is 12.1 Å². The molecule has 0 spiro atoms. The SMILES string of the molecule is OC1(Cc2ccc3c(c2)OC(F)(F)O3)CC1. The summed E-state index contributed by atoms with van der Waals surface area (Å²) < 4.78 is 34.1. The molecule has 0 aromatic heterocycles. The average Bonchev–Trinajstić information content (AvgIpc) is 2.78. The maximum absolute atomic E-state index is 12.7. The summed E-state index contributed by atoms with van der Waals surface area (Å²) >= 11 is 0. The summed E-state index contributed by atoms with van der Waals surface area (Å²) in [6.07, 6.45) is -1.58. The first-order valence-corrected chi connectivity index (χ1v) is 5.07. The van der Waals surface area contributed by atoms with Gasteiger partial charge in [0.05, 0.1) is 5.60 Å². The number of aliphatic hydroxyl groups is 1. The van der Waals surface area contributed by atoms with Crippen molar-refractivity contribution in [3.05, 3.63) is 23.8 Å². The van der Waals surface area contributed by atoms with E-state index in [1.807, 2.05) is 0 Å². The zero-order valence-corrected chi connectivity index (χ0v) is 8.37. The van der Waals surface area contributed by atoms with Crippen LogP contribution < -0.4 is 9.47 Å². The maximum atomic E-state index is 12.7. The van der Waals surface area contributed by atoms with Gasteiger partial charge in [0, 0.05) is 6.42 Å². The molecule has 16 heavy (non-hydrogen) atoms. The van der Waals surface area contributed by atoms with Crippen LogP contribution in [-0.2, 0) is 6.42 Å². The molecular weight excluding hydrogens is 218 g/mol. The highest BCUT2D eigenvalue weighted by atomic mass is 19.3. The minimum atomic E-state index is -3.57. The molecule has 1 saturated carbocycles. The average molecular weight is 228 g/mol. The van der Waals surface area contributed by atoms with Crippen LogP contribution in [0.1, 0.15) is 18.4 Å². The third-order valence-corrected chi connectivity index (χ3v) is 2.83. The second-order valence-electron chi connectivity index (χ2n) is 4.35. The summed E-state index contributed by atoms with van der Waals surface area (Å²) in [4.78, 5) is 0. The Morgan fingerprint density at radius 3 is 2.56 bits per heavy atom. The summed E-state index contributed by atoms with van der Waals surface area (Å²) in [6.45, 7) is 0. The molecule has 3 nitrogen and oxygen atoms in total. The van der Waals surface area contributed by atoms with Crippen molar-refractivity contribution in [2.75, 3.05) is 0 Å². The molecular formula is C11H10F2O3. The van der Waals surface area contributed by atoms with E-state index in [0.29, 0.717) is 6.42 Å². The van der Waals surface area contributed by atoms with Gasteiger partial charge < -0.3 is 14.6 Å². The number of hydrogen-bond acceptors (Lipinski definition) is 3. The van der Waals surface area contributed by atoms with Gasteiger partial charge in [0.2, 0.25) is 0 Å². The van der Waals surface area contributed by atoms with Crippen LogP contribution in [0.5, 0.6) is 11.5 Å². The highest BCUT2D eigenvalue weighted by molar-refractivity contribution is 5.45. The quantitative estimate of drug-likeness (QED) is 0.842. The molecule has 1 heterocycles. The lowest BCUT2D eigenvalue weighted by Crippen LogP contribution is -2.25. The van der Waals surface area contributed by atoms with Gasteiger partial charge in [0.25, 0.3) is 0 Å². The molecule has 86 valence electrons. The van der Waals surface area contributed by atoms with E-state index >= 15 is 0 Å². The Balaban J connectivity index is 1.84. The van der Waals surface area contributed by atoms with Gasteiger partial charge in [-0.3, -0.25) is 0 Å². The lowest BCUT2D eigenvalue weighted by molar-refractivity contribution is -0.286. The van der Waals surface area contributed by atoms with E-state index in [-0.39, 0.29) is 11.5 Å². The lowest BCUT2D eigenvalue weighted by atomic mass is 10.1. The van der Waals surface area contributed by atoms with Crippen LogP contribution in [0.2, 0.25) is 0 Å². The number of halogens is 2. The van der Waals surface area contributed by atoms with Gasteiger partial charge in [-0.1, -0.05) is 6.07 Å². The molecule has 2 aliphatic rings. The predicted molar refractivity (Wildman–Crippen MR) is 50.5 cm³/mol. The molecule has 0 unspecified atom stereocenters. The molecule has 0 atom stereocenters. The summed E-state index contributed by atoms with van der Waals surface area (Å²) in [7, 11) is 0. The lowest BCUT2D eigenvalue weighted by Gasteiger charge is -2.07. The second kappa shape index (κ2) is 2.85. The largest absolute Gasteiger partial charge is 0.586 e. The zero-order chi connectivity index (χ0) is 11.4. The van der Waals surface area contributed by atoms with Crippen molar-refractivity contribution in [1.82, 2.24) is 0 Å². The first kappa shape index (κ1) is 9.84. The van der Waals surface area contributed by atoms with E-state index in [0.717, 1.165) is 18.4 Å². The molecule has 1 aromatic carbocycles. The van der Waals surface area contributed by atoms with Gasteiger partial charge in [-0.2, -0.15) is 0 Å². The Bertz CT molecular complexity index is 441. The van der Waals surface area contributed by atoms with Crippen LogP contribution >= 0.6 is 0 Å². The summed E-state index contributed by atoms with van der Waals surface area (Å²) in [5, 5.41) is 9.71.